The molecule has 2 rings (SSSR count). The Hall–Kier alpha value is -1.27. The largest absolute Gasteiger partial charge is 0.300 e. The summed E-state index contributed by atoms with van der Waals surface area (Å²) >= 11 is 0. The molecule has 0 aromatic carbocycles. The molecular weight excluding hydrogens is 252 g/mol. The van der Waals surface area contributed by atoms with Gasteiger partial charge in [-0.25, -0.2) is 8.42 Å². The van der Waals surface area contributed by atoms with Crippen molar-refractivity contribution >= 4 is 15.8 Å². The van der Waals surface area contributed by atoms with E-state index >= 15 is 0 Å². The predicted molar refractivity (Wildman–Crippen MR) is 66.4 cm³/mol. The molecule has 1 aliphatic heterocycles. The zero-order valence-corrected chi connectivity index (χ0v) is 11.1. The van der Waals surface area contributed by atoms with Gasteiger partial charge in [0.2, 0.25) is 10.0 Å². The van der Waals surface area contributed by atoms with E-state index in [1.165, 1.54) is 29.7 Å². The van der Waals surface area contributed by atoms with E-state index in [1.807, 2.05) is 0 Å². The maximum absolute atomic E-state index is 12.4. The minimum Gasteiger partial charge on any atom is -0.300 e. The average Bonchev–Trinajstić information content (AvgIpc) is 2.78. The lowest BCUT2D eigenvalue weighted by Gasteiger charge is -2.23. The average molecular weight is 268 g/mol. The highest BCUT2D eigenvalue weighted by molar-refractivity contribution is 7.89. The van der Waals surface area contributed by atoms with E-state index in [4.69, 9.17) is 0 Å². The summed E-state index contributed by atoms with van der Waals surface area (Å²) in [4.78, 5) is 15.2. The van der Waals surface area contributed by atoms with Gasteiger partial charge < -0.3 is 0 Å². The van der Waals surface area contributed by atoms with Crippen molar-refractivity contribution in [1.29, 1.82) is 0 Å². The van der Waals surface area contributed by atoms with Crippen LogP contribution in [0.1, 0.15) is 26.2 Å². The van der Waals surface area contributed by atoms with E-state index in [1.54, 1.807) is 6.07 Å². The maximum atomic E-state index is 12.4. The number of hydrogen-bond acceptors (Lipinski definition) is 4. The number of pyridine rings is 1. The normalized spacial score (nSPS) is 21.1. The standard InChI is InChI=1S/C12H16N2O3S/c1-10(15)8-11-4-3-7-14(11)18(16,17)12-5-2-6-13-9-12/h2,5-6,9,11H,3-4,7-8H2,1H3. The van der Waals surface area contributed by atoms with Crippen LogP contribution in [-0.2, 0) is 14.8 Å². The minimum atomic E-state index is -3.51. The van der Waals surface area contributed by atoms with Crippen molar-refractivity contribution in [1.82, 2.24) is 9.29 Å². The number of nitrogens with zero attached hydrogens (tertiary/aromatic N) is 2. The lowest BCUT2D eigenvalue weighted by atomic mass is 10.1. The number of Topliss-reactive ketones (excluding diaryl/α,β-unsaturated/α-hetero) is 1. The van der Waals surface area contributed by atoms with Crippen LogP contribution >= 0.6 is 0 Å². The Labute approximate surface area is 107 Å². The quantitative estimate of drug-likeness (QED) is 0.823. The second-order valence-corrected chi connectivity index (χ2v) is 6.40. The molecule has 5 nitrogen and oxygen atoms in total. The van der Waals surface area contributed by atoms with Gasteiger partial charge in [-0.2, -0.15) is 4.31 Å². The van der Waals surface area contributed by atoms with Crippen molar-refractivity contribution in [2.45, 2.75) is 37.1 Å². The number of aromatic nitrogens is 1. The smallest absolute Gasteiger partial charge is 0.244 e. The van der Waals surface area contributed by atoms with E-state index in [0.29, 0.717) is 13.0 Å². The van der Waals surface area contributed by atoms with Gasteiger partial charge in [-0.3, -0.25) is 9.78 Å². The first-order valence-electron chi connectivity index (χ1n) is 5.93. The highest BCUT2D eigenvalue weighted by atomic mass is 32.2. The van der Waals surface area contributed by atoms with Crippen molar-refractivity contribution in [3.8, 4) is 0 Å². The fourth-order valence-electron chi connectivity index (χ4n) is 2.30. The van der Waals surface area contributed by atoms with Crippen LogP contribution in [0.5, 0.6) is 0 Å². The number of sulfonamides is 1. The van der Waals surface area contributed by atoms with Gasteiger partial charge in [0.1, 0.15) is 10.7 Å². The summed E-state index contributed by atoms with van der Waals surface area (Å²) in [6.07, 6.45) is 4.73. The fourth-order valence-corrected chi connectivity index (χ4v) is 3.95. The molecule has 0 amide bonds. The lowest BCUT2D eigenvalue weighted by molar-refractivity contribution is -0.117. The van der Waals surface area contributed by atoms with Gasteiger partial charge in [0.05, 0.1) is 0 Å². The van der Waals surface area contributed by atoms with E-state index in [9.17, 15) is 13.2 Å². The van der Waals surface area contributed by atoms with Crippen LogP contribution in [0.2, 0.25) is 0 Å². The summed E-state index contributed by atoms with van der Waals surface area (Å²) in [6.45, 7) is 1.97. The molecule has 1 saturated heterocycles. The van der Waals surface area contributed by atoms with Gasteiger partial charge in [0.25, 0.3) is 0 Å². The number of carbonyl (C=O) groups excluding carboxylic acids is 1. The van der Waals surface area contributed by atoms with E-state index in [-0.39, 0.29) is 16.7 Å². The van der Waals surface area contributed by atoms with Crippen molar-refractivity contribution in [2.75, 3.05) is 6.54 Å². The van der Waals surface area contributed by atoms with Crippen LogP contribution in [0.25, 0.3) is 0 Å². The van der Waals surface area contributed by atoms with Gasteiger partial charge >= 0.3 is 0 Å². The summed E-state index contributed by atoms with van der Waals surface area (Å²) in [5.74, 6) is 0.0216. The molecule has 1 unspecified atom stereocenters. The first-order valence-corrected chi connectivity index (χ1v) is 7.37. The van der Waals surface area contributed by atoms with Crippen LogP contribution in [0.4, 0.5) is 0 Å². The van der Waals surface area contributed by atoms with Gasteiger partial charge in [-0.1, -0.05) is 0 Å². The number of rotatable bonds is 4. The molecule has 0 spiro atoms. The highest BCUT2D eigenvalue weighted by Crippen LogP contribution is 2.27. The van der Waals surface area contributed by atoms with Crippen LogP contribution in [-0.4, -0.2) is 36.1 Å². The van der Waals surface area contributed by atoms with E-state index in [0.717, 1.165) is 12.8 Å². The summed E-state index contributed by atoms with van der Waals surface area (Å²) in [6, 6.07) is 2.93. The van der Waals surface area contributed by atoms with Gasteiger partial charge in [-0.15, -0.1) is 0 Å². The molecule has 0 bridgehead atoms. The van der Waals surface area contributed by atoms with Crippen molar-refractivity contribution < 1.29 is 13.2 Å². The first kappa shape index (κ1) is 13.2. The Morgan fingerprint density at radius 2 is 2.33 bits per heavy atom. The number of carbonyl (C=O) groups is 1. The molecule has 1 atom stereocenters. The van der Waals surface area contributed by atoms with Crippen molar-refractivity contribution in [3.63, 3.8) is 0 Å². The summed E-state index contributed by atoms with van der Waals surface area (Å²) in [5, 5.41) is 0. The Morgan fingerprint density at radius 3 is 2.94 bits per heavy atom. The molecule has 1 fully saturated rings. The topological polar surface area (TPSA) is 67.3 Å². The fraction of sp³-hybridized carbons (Fsp3) is 0.500. The Bertz CT molecular complexity index is 528. The zero-order chi connectivity index (χ0) is 13.2. The number of hydrogen-bond donors (Lipinski definition) is 0. The zero-order valence-electron chi connectivity index (χ0n) is 10.2. The van der Waals surface area contributed by atoms with Crippen LogP contribution in [0, 0.1) is 0 Å². The molecule has 1 aliphatic rings. The monoisotopic (exact) mass is 268 g/mol. The third-order valence-corrected chi connectivity index (χ3v) is 5.02. The van der Waals surface area contributed by atoms with Gasteiger partial charge in [0, 0.05) is 31.4 Å². The minimum absolute atomic E-state index is 0.0216. The molecule has 0 N–H and O–H groups in total. The van der Waals surface area contributed by atoms with Crippen molar-refractivity contribution in [2.24, 2.45) is 0 Å². The molecule has 18 heavy (non-hydrogen) atoms. The summed E-state index contributed by atoms with van der Waals surface area (Å²) in [5.41, 5.74) is 0. The van der Waals surface area contributed by atoms with Crippen LogP contribution < -0.4 is 0 Å². The third-order valence-electron chi connectivity index (χ3n) is 3.09. The SMILES string of the molecule is CC(=O)CC1CCCN1S(=O)(=O)c1cccnc1. The molecule has 2 heterocycles. The Morgan fingerprint density at radius 1 is 1.56 bits per heavy atom. The molecule has 98 valence electrons. The Kier molecular flexibility index (Phi) is 3.77. The summed E-state index contributed by atoms with van der Waals surface area (Å²) in [7, 11) is -3.51. The molecule has 0 saturated carbocycles. The first-order chi connectivity index (χ1) is 8.51. The highest BCUT2D eigenvalue weighted by Gasteiger charge is 2.35. The lowest BCUT2D eigenvalue weighted by Crippen LogP contribution is -2.36. The predicted octanol–water partition coefficient (Wildman–Crippen LogP) is 1.21. The van der Waals surface area contributed by atoms with Crippen LogP contribution in [0.15, 0.2) is 29.4 Å². The van der Waals surface area contributed by atoms with Gasteiger partial charge in [0.15, 0.2) is 0 Å². The molecule has 6 heteroatoms. The number of ketones is 1. The third kappa shape index (κ3) is 2.59. The van der Waals surface area contributed by atoms with Gasteiger partial charge in [-0.05, 0) is 31.9 Å². The summed E-state index contributed by atoms with van der Waals surface area (Å²) < 4.78 is 26.2. The second-order valence-electron chi connectivity index (χ2n) is 4.51. The second kappa shape index (κ2) is 5.16. The molecule has 0 aliphatic carbocycles. The molecule has 1 aromatic heterocycles. The van der Waals surface area contributed by atoms with E-state index < -0.39 is 10.0 Å². The molecule has 0 radical (unpaired) electrons. The van der Waals surface area contributed by atoms with E-state index in [2.05, 4.69) is 4.98 Å². The molecular formula is C12H16N2O3S. The van der Waals surface area contributed by atoms with Crippen LogP contribution in [0.3, 0.4) is 0 Å². The van der Waals surface area contributed by atoms with Crippen molar-refractivity contribution in [3.05, 3.63) is 24.5 Å². The Balaban J connectivity index is 2.27. The maximum Gasteiger partial charge on any atom is 0.244 e. The molecule has 1 aromatic rings.